The lowest BCUT2D eigenvalue weighted by Gasteiger charge is -2.05. The first kappa shape index (κ1) is 16.6. The molecule has 0 spiro atoms. The predicted molar refractivity (Wildman–Crippen MR) is 97.1 cm³/mol. The van der Waals surface area contributed by atoms with Crippen LogP contribution in [0.2, 0.25) is 5.02 Å². The van der Waals surface area contributed by atoms with Crippen LogP contribution in [0.3, 0.4) is 0 Å². The molecule has 0 fully saturated rings. The molecule has 0 saturated heterocycles. The highest BCUT2D eigenvalue weighted by Gasteiger charge is 2.12. The summed E-state index contributed by atoms with van der Waals surface area (Å²) in [7, 11) is 0. The second kappa shape index (κ2) is 7.55. The van der Waals surface area contributed by atoms with Gasteiger partial charge in [0.15, 0.2) is 0 Å². The topological polar surface area (TPSA) is 54.9 Å². The van der Waals surface area contributed by atoms with Gasteiger partial charge in [-0.15, -0.1) is 11.3 Å². The first-order valence-corrected chi connectivity index (χ1v) is 8.69. The zero-order valence-electron chi connectivity index (χ0n) is 13.1. The maximum Gasteiger partial charge on any atom is 0.225 e. The lowest BCUT2D eigenvalue weighted by atomic mass is 10.2. The van der Waals surface area contributed by atoms with E-state index in [1.165, 1.54) is 0 Å². The van der Waals surface area contributed by atoms with E-state index in [0.29, 0.717) is 18.0 Å². The van der Waals surface area contributed by atoms with Crippen molar-refractivity contribution in [2.75, 3.05) is 0 Å². The molecular formula is C18H16ClN3OS. The number of thiazole rings is 1. The minimum absolute atomic E-state index is 0.0158. The maximum atomic E-state index is 12.2. The Morgan fingerprint density at radius 1 is 1.17 bits per heavy atom. The summed E-state index contributed by atoms with van der Waals surface area (Å²) in [5.74, 6) is -0.0158. The first-order chi connectivity index (χ1) is 11.6. The minimum atomic E-state index is -0.0158. The Hall–Kier alpha value is -2.24. The molecule has 3 rings (SSSR count). The fourth-order valence-corrected chi connectivity index (χ4v) is 3.41. The van der Waals surface area contributed by atoms with Crippen molar-refractivity contribution < 1.29 is 4.79 Å². The van der Waals surface area contributed by atoms with E-state index in [1.807, 2.05) is 43.3 Å². The Morgan fingerprint density at radius 2 is 1.88 bits per heavy atom. The average molecular weight is 358 g/mol. The van der Waals surface area contributed by atoms with Crippen molar-refractivity contribution in [1.29, 1.82) is 0 Å². The second-order valence-corrected chi connectivity index (χ2v) is 6.86. The molecule has 1 amide bonds. The van der Waals surface area contributed by atoms with Crippen molar-refractivity contribution in [3.05, 3.63) is 69.9 Å². The van der Waals surface area contributed by atoms with E-state index < -0.39 is 0 Å². The molecule has 2 heterocycles. The van der Waals surface area contributed by atoms with Crippen molar-refractivity contribution in [3.8, 4) is 10.6 Å². The van der Waals surface area contributed by atoms with Gasteiger partial charge in [0.05, 0.1) is 12.1 Å². The Bertz CT molecular complexity index is 831. The van der Waals surface area contributed by atoms with Crippen LogP contribution in [0.15, 0.2) is 48.8 Å². The molecule has 2 aromatic heterocycles. The number of halogens is 1. The van der Waals surface area contributed by atoms with Gasteiger partial charge < -0.3 is 5.32 Å². The number of rotatable bonds is 5. The second-order valence-electron chi connectivity index (χ2n) is 5.34. The zero-order chi connectivity index (χ0) is 16.9. The number of amides is 1. The SMILES string of the molecule is Cc1nc(-c2ccncc2)sc1CC(=O)NCc1ccc(Cl)cc1. The highest BCUT2D eigenvalue weighted by molar-refractivity contribution is 7.15. The summed E-state index contributed by atoms with van der Waals surface area (Å²) in [5, 5.41) is 4.53. The van der Waals surface area contributed by atoms with Gasteiger partial charge in [0, 0.05) is 34.4 Å². The molecule has 0 saturated carbocycles. The van der Waals surface area contributed by atoms with Crippen molar-refractivity contribution in [2.45, 2.75) is 19.9 Å². The number of hydrogen-bond acceptors (Lipinski definition) is 4. The van der Waals surface area contributed by atoms with Gasteiger partial charge in [-0.25, -0.2) is 4.98 Å². The van der Waals surface area contributed by atoms with Gasteiger partial charge >= 0.3 is 0 Å². The van der Waals surface area contributed by atoms with Crippen molar-refractivity contribution >= 4 is 28.8 Å². The summed E-state index contributed by atoms with van der Waals surface area (Å²) in [5.41, 5.74) is 2.94. The number of carbonyl (C=O) groups is 1. The van der Waals surface area contributed by atoms with Gasteiger partial charge in [0.2, 0.25) is 5.91 Å². The molecule has 0 aliphatic heterocycles. The van der Waals surface area contributed by atoms with Crippen LogP contribution in [0.1, 0.15) is 16.1 Å². The fraction of sp³-hybridized carbons (Fsp3) is 0.167. The van der Waals surface area contributed by atoms with Crippen molar-refractivity contribution in [1.82, 2.24) is 15.3 Å². The minimum Gasteiger partial charge on any atom is -0.352 e. The summed E-state index contributed by atoms with van der Waals surface area (Å²) < 4.78 is 0. The van der Waals surface area contributed by atoms with Gasteiger partial charge in [-0.05, 0) is 36.8 Å². The predicted octanol–water partition coefficient (Wildman–Crippen LogP) is 4.03. The van der Waals surface area contributed by atoms with Crippen LogP contribution >= 0.6 is 22.9 Å². The highest BCUT2D eigenvalue weighted by Crippen LogP contribution is 2.27. The summed E-state index contributed by atoms with van der Waals surface area (Å²) in [6, 6.07) is 11.3. The number of nitrogens with one attached hydrogen (secondary N) is 1. The summed E-state index contributed by atoms with van der Waals surface area (Å²) in [6.45, 7) is 2.42. The Kier molecular flexibility index (Phi) is 5.23. The summed E-state index contributed by atoms with van der Waals surface area (Å²) in [6.07, 6.45) is 3.82. The van der Waals surface area contributed by atoms with E-state index in [1.54, 1.807) is 23.7 Å². The van der Waals surface area contributed by atoms with E-state index in [4.69, 9.17) is 11.6 Å². The molecule has 0 aliphatic rings. The lowest BCUT2D eigenvalue weighted by Crippen LogP contribution is -2.24. The van der Waals surface area contributed by atoms with Crippen LogP contribution in [-0.2, 0) is 17.8 Å². The smallest absolute Gasteiger partial charge is 0.225 e. The molecule has 3 aromatic rings. The molecule has 1 N–H and O–H groups in total. The molecule has 4 nitrogen and oxygen atoms in total. The summed E-state index contributed by atoms with van der Waals surface area (Å²) in [4.78, 5) is 21.7. The molecule has 122 valence electrons. The fourth-order valence-electron chi connectivity index (χ4n) is 2.22. The van der Waals surface area contributed by atoms with Crippen LogP contribution < -0.4 is 5.32 Å². The standard InChI is InChI=1S/C18H16ClN3OS/c1-12-16(24-18(22-12)14-6-8-20-9-7-14)10-17(23)21-11-13-2-4-15(19)5-3-13/h2-9H,10-11H2,1H3,(H,21,23). The number of pyridine rings is 1. The van der Waals surface area contributed by atoms with Gasteiger partial charge in [0.25, 0.3) is 0 Å². The molecular weight excluding hydrogens is 342 g/mol. The number of aromatic nitrogens is 2. The zero-order valence-corrected chi connectivity index (χ0v) is 14.7. The number of benzene rings is 1. The highest BCUT2D eigenvalue weighted by atomic mass is 35.5. The van der Waals surface area contributed by atoms with Crippen LogP contribution in [0, 0.1) is 6.92 Å². The molecule has 0 radical (unpaired) electrons. The van der Waals surface area contributed by atoms with Crippen molar-refractivity contribution in [2.24, 2.45) is 0 Å². The van der Waals surface area contributed by atoms with E-state index in [-0.39, 0.29) is 5.91 Å². The third kappa shape index (κ3) is 4.19. The Morgan fingerprint density at radius 3 is 2.58 bits per heavy atom. The number of aryl methyl sites for hydroxylation is 1. The number of nitrogens with zero attached hydrogens (tertiary/aromatic N) is 2. The summed E-state index contributed by atoms with van der Waals surface area (Å²) >= 11 is 7.40. The van der Waals surface area contributed by atoms with Crippen molar-refractivity contribution in [3.63, 3.8) is 0 Å². The first-order valence-electron chi connectivity index (χ1n) is 7.49. The molecule has 0 aliphatic carbocycles. The Labute approximate surface area is 149 Å². The van der Waals surface area contributed by atoms with Crippen LogP contribution in [0.5, 0.6) is 0 Å². The Balaban J connectivity index is 1.62. The third-order valence-electron chi connectivity index (χ3n) is 3.54. The van der Waals surface area contributed by atoms with Crippen LogP contribution in [-0.4, -0.2) is 15.9 Å². The van der Waals surface area contributed by atoms with E-state index in [9.17, 15) is 4.79 Å². The van der Waals surface area contributed by atoms with Crippen LogP contribution in [0.25, 0.3) is 10.6 Å². The molecule has 0 unspecified atom stereocenters. The third-order valence-corrected chi connectivity index (χ3v) is 5.00. The molecule has 0 bridgehead atoms. The largest absolute Gasteiger partial charge is 0.352 e. The van der Waals surface area contributed by atoms with Gasteiger partial charge in [-0.2, -0.15) is 0 Å². The number of hydrogen-bond donors (Lipinski definition) is 1. The average Bonchev–Trinajstić information content (AvgIpc) is 2.96. The molecule has 0 atom stereocenters. The quantitative estimate of drug-likeness (QED) is 0.750. The van der Waals surface area contributed by atoms with E-state index >= 15 is 0 Å². The van der Waals surface area contributed by atoms with E-state index in [0.717, 1.165) is 26.7 Å². The van der Waals surface area contributed by atoms with E-state index in [2.05, 4.69) is 15.3 Å². The molecule has 24 heavy (non-hydrogen) atoms. The van der Waals surface area contributed by atoms with Gasteiger partial charge in [-0.1, -0.05) is 23.7 Å². The number of carbonyl (C=O) groups excluding carboxylic acids is 1. The maximum absolute atomic E-state index is 12.2. The van der Waals surface area contributed by atoms with Gasteiger partial charge in [-0.3, -0.25) is 9.78 Å². The lowest BCUT2D eigenvalue weighted by molar-refractivity contribution is -0.120. The normalized spacial score (nSPS) is 10.6. The van der Waals surface area contributed by atoms with Gasteiger partial charge in [0.1, 0.15) is 5.01 Å². The van der Waals surface area contributed by atoms with Crippen LogP contribution in [0.4, 0.5) is 0 Å². The monoisotopic (exact) mass is 357 g/mol. The molecule has 6 heteroatoms. The molecule has 1 aromatic carbocycles.